The fourth-order valence-electron chi connectivity index (χ4n) is 4.12. The van der Waals surface area contributed by atoms with Crippen molar-refractivity contribution in [2.75, 3.05) is 6.54 Å². The molecule has 1 aliphatic rings. The minimum atomic E-state index is -1.50. The molecule has 2 atom stereocenters. The minimum absolute atomic E-state index is 0. The molecule has 0 saturated carbocycles. The topological polar surface area (TPSA) is 116 Å². The summed E-state index contributed by atoms with van der Waals surface area (Å²) in [6, 6.07) is 22.8. The highest BCUT2D eigenvalue weighted by molar-refractivity contribution is 6.30. The van der Waals surface area contributed by atoms with Crippen molar-refractivity contribution in [3.8, 4) is 6.07 Å². The fourth-order valence-corrected chi connectivity index (χ4v) is 4.21. The van der Waals surface area contributed by atoms with Gasteiger partial charge in [0.15, 0.2) is 11.6 Å². The summed E-state index contributed by atoms with van der Waals surface area (Å²) in [6.45, 7) is 8.84. The van der Waals surface area contributed by atoms with Gasteiger partial charge in [0.1, 0.15) is 23.2 Å². The van der Waals surface area contributed by atoms with Gasteiger partial charge in [0, 0.05) is 11.6 Å². The van der Waals surface area contributed by atoms with Crippen molar-refractivity contribution in [3.63, 3.8) is 0 Å². The van der Waals surface area contributed by atoms with Gasteiger partial charge in [0.05, 0.1) is 18.9 Å². The first-order chi connectivity index (χ1) is 18.1. The highest BCUT2D eigenvalue weighted by Gasteiger charge is 2.28. The molecule has 0 bridgehead atoms. The van der Waals surface area contributed by atoms with Crippen LogP contribution in [-0.4, -0.2) is 44.0 Å². The molecule has 1 fully saturated rings. The van der Waals surface area contributed by atoms with E-state index in [1.165, 1.54) is 25.0 Å². The second-order valence-electron chi connectivity index (χ2n) is 9.46. The van der Waals surface area contributed by atoms with E-state index in [4.69, 9.17) is 36.8 Å². The third kappa shape index (κ3) is 9.65. The number of ether oxygens (including phenoxy) is 1. The Morgan fingerprint density at radius 1 is 1.18 bits per heavy atom. The van der Waals surface area contributed by atoms with Crippen molar-refractivity contribution in [2.45, 2.75) is 65.1 Å². The van der Waals surface area contributed by atoms with E-state index in [-0.39, 0.29) is 30.8 Å². The van der Waals surface area contributed by atoms with Crippen molar-refractivity contribution < 1.29 is 14.9 Å². The minimum Gasteiger partial charge on any atom is -0.366 e. The average molecular weight is 552 g/mol. The summed E-state index contributed by atoms with van der Waals surface area (Å²) in [5.74, 6) is -0.873. The lowest BCUT2D eigenvalue weighted by atomic mass is 9.91. The number of halogens is 1. The molecular formula is C30H38ClN5O3. The zero-order valence-corrected chi connectivity index (χ0v) is 22.6. The summed E-state index contributed by atoms with van der Waals surface area (Å²) in [6.07, 6.45) is 2.61. The molecule has 39 heavy (non-hydrogen) atoms. The van der Waals surface area contributed by atoms with Crippen LogP contribution in [0.25, 0.3) is 0 Å². The van der Waals surface area contributed by atoms with Crippen molar-refractivity contribution in [1.29, 1.82) is 5.26 Å². The van der Waals surface area contributed by atoms with Gasteiger partial charge < -0.3 is 24.8 Å². The third-order valence-corrected chi connectivity index (χ3v) is 5.90. The Morgan fingerprint density at radius 2 is 1.72 bits per heavy atom. The molecule has 4 rings (SSSR count). The van der Waals surface area contributed by atoms with Crippen LogP contribution in [0.3, 0.4) is 0 Å². The predicted molar refractivity (Wildman–Crippen MR) is 155 cm³/mol. The number of benzene rings is 2. The lowest BCUT2D eigenvalue weighted by molar-refractivity contribution is -0.127. The van der Waals surface area contributed by atoms with Crippen molar-refractivity contribution in [3.05, 3.63) is 101 Å². The van der Waals surface area contributed by atoms with Gasteiger partial charge in [-0.3, -0.25) is 4.99 Å². The van der Waals surface area contributed by atoms with Crippen LogP contribution in [0.1, 0.15) is 68.8 Å². The van der Waals surface area contributed by atoms with E-state index in [9.17, 15) is 0 Å². The molecule has 2 aromatic carbocycles. The second-order valence-corrected chi connectivity index (χ2v) is 9.92. The largest absolute Gasteiger partial charge is 0.366 e. The number of imidazole rings is 1. The van der Waals surface area contributed by atoms with Gasteiger partial charge >= 0.3 is 0 Å². The number of aliphatic hydroxyl groups is 2. The summed E-state index contributed by atoms with van der Waals surface area (Å²) < 4.78 is 7.77. The molecule has 2 heterocycles. The van der Waals surface area contributed by atoms with Gasteiger partial charge in [-0.05, 0) is 44.7 Å². The number of nitriles is 1. The maximum absolute atomic E-state index is 9.15. The number of amidine groups is 1. The predicted octanol–water partition coefficient (Wildman–Crippen LogP) is 5.61. The maximum Gasteiger partial charge on any atom is 0.156 e. The van der Waals surface area contributed by atoms with E-state index < -0.39 is 5.79 Å². The van der Waals surface area contributed by atoms with E-state index in [2.05, 4.69) is 47.2 Å². The first kappa shape index (κ1) is 31.7. The Hall–Kier alpha value is -3.48. The van der Waals surface area contributed by atoms with Crippen LogP contribution in [-0.2, 0) is 4.74 Å². The quantitative estimate of drug-likeness (QED) is 0.152. The zero-order valence-electron chi connectivity index (χ0n) is 21.9. The Balaban J connectivity index is 0.000000816. The molecule has 1 aliphatic heterocycles. The first-order valence-corrected chi connectivity index (χ1v) is 12.7. The average Bonchev–Trinajstić information content (AvgIpc) is 3.50. The van der Waals surface area contributed by atoms with Crippen LogP contribution in [0.15, 0.2) is 83.7 Å². The van der Waals surface area contributed by atoms with Gasteiger partial charge in [-0.2, -0.15) is 5.26 Å². The molecule has 2 unspecified atom stereocenters. The number of hydrogen-bond acceptors (Lipinski definition) is 6. The molecule has 1 aromatic heterocycles. The summed E-state index contributed by atoms with van der Waals surface area (Å²) in [7, 11) is 0. The van der Waals surface area contributed by atoms with E-state index in [1.54, 1.807) is 6.33 Å². The Bertz CT molecular complexity index is 1220. The molecule has 208 valence electrons. The van der Waals surface area contributed by atoms with Crippen LogP contribution in [0.2, 0.25) is 0 Å². The lowest BCUT2D eigenvalue weighted by Crippen LogP contribution is -2.24. The Labute approximate surface area is 236 Å². The number of aliphatic imine (C=N–C) groups is 1. The number of rotatable bonds is 7. The molecule has 3 N–H and O–H groups in total. The Morgan fingerprint density at radius 3 is 2.18 bits per heavy atom. The van der Waals surface area contributed by atoms with Gasteiger partial charge in [0.25, 0.3) is 0 Å². The zero-order chi connectivity index (χ0) is 27.7. The van der Waals surface area contributed by atoms with Crippen molar-refractivity contribution >= 4 is 17.4 Å². The van der Waals surface area contributed by atoms with Gasteiger partial charge in [-0.15, -0.1) is 0 Å². The van der Waals surface area contributed by atoms with Crippen molar-refractivity contribution in [1.82, 2.24) is 14.9 Å². The highest BCUT2D eigenvalue weighted by Crippen LogP contribution is 2.30. The molecule has 8 nitrogen and oxygen atoms in total. The summed E-state index contributed by atoms with van der Waals surface area (Å²) in [5, 5.41) is 28.6. The Kier molecular flexibility index (Phi) is 11.9. The standard InChI is InChI=1S/C26H26ClN5O.C3H8O2.CH4/c1-18-25(30-17-32(18)24-14-13-22(15-28)33-24)26(31-19(2)27)29-16-23(20-9-5-3-6-10-20)21-11-7-4-8-12-21;1-3(2,4)5;/h3-12,17,22-24H,2,13-14,16H2,1H3,(H,29,31);4-5H,1-2H3;1H4. The monoisotopic (exact) mass is 551 g/mol. The highest BCUT2D eigenvalue weighted by atomic mass is 35.5. The van der Waals surface area contributed by atoms with Crippen LogP contribution in [0.4, 0.5) is 0 Å². The van der Waals surface area contributed by atoms with Crippen LogP contribution in [0, 0.1) is 18.3 Å². The van der Waals surface area contributed by atoms with Gasteiger partial charge in [-0.25, -0.2) is 4.98 Å². The van der Waals surface area contributed by atoms with Crippen LogP contribution < -0.4 is 5.32 Å². The van der Waals surface area contributed by atoms with E-state index in [0.29, 0.717) is 24.5 Å². The maximum atomic E-state index is 9.15. The summed E-state index contributed by atoms with van der Waals surface area (Å²) in [5.41, 5.74) is 3.93. The molecule has 3 aromatic rings. The smallest absolute Gasteiger partial charge is 0.156 e. The van der Waals surface area contributed by atoms with E-state index in [0.717, 1.165) is 12.1 Å². The molecule has 0 amide bonds. The van der Waals surface area contributed by atoms with Gasteiger partial charge in [-0.1, -0.05) is 86.3 Å². The number of aromatic nitrogens is 2. The second kappa shape index (κ2) is 14.6. The number of nitrogens with zero attached hydrogens (tertiary/aromatic N) is 4. The number of hydrogen-bond donors (Lipinski definition) is 3. The molecule has 1 saturated heterocycles. The van der Waals surface area contributed by atoms with Crippen LogP contribution >= 0.6 is 11.6 Å². The lowest BCUT2D eigenvalue weighted by Gasteiger charge is -2.18. The SMILES string of the molecule is C.C=C(Cl)NC(=NCC(c1ccccc1)c1ccccc1)c1ncn(C2CCC(C#N)O2)c1C.CC(C)(O)O. The molecule has 9 heteroatoms. The molecular weight excluding hydrogens is 514 g/mol. The molecule has 0 radical (unpaired) electrons. The number of nitrogens with one attached hydrogen (secondary N) is 1. The van der Waals surface area contributed by atoms with E-state index >= 15 is 0 Å². The van der Waals surface area contributed by atoms with E-state index in [1.807, 2.05) is 47.9 Å². The normalized spacial score (nSPS) is 17.0. The van der Waals surface area contributed by atoms with Crippen LogP contribution in [0.5, 0.6) is 0 Å². The summed E-state index contributed by atoms with van der Waals surface area (Å²) >= 11 is 6.11. The molecule has 0 aliphatic carbocycles. The first-order valence-electron chi connectivity index (χ1n) is 12.4. The summed E-state index contributed by atoms with van der Waals surface area (Å²) in [4.78, 5) is 9.51. The third-order valence-electron chi connectivity index (χ3n) is 5.81. The van der Waals surface area contributed by atoms with Gasteiger partial charge in [0.2, 0.25) is 0 Å². The molecule has 0 spiro atoms. The van der Waals surface area contributed by atoms with Crippen molar-refractivity contribution in [2.24, 2.45) is 4.99 Å². The fraction of sp³-hybridized carbons (Fsp3) is 0.367.